The molecule has 240 valence electrons. The molecule has 1 saturated carbocycles. The van der Waals surface area contributed by atoms with Gasteiger partial charge in [0.25, 0.3) is 5.91 Å². The van der Waals surface area contributed by atoms with Crippen LogP contribution in [0.15, 0.2) is 67.1 Å². The molecule has 4 N–H and O–H groups in total. The maximum Gasteiger partial charge on any atom is 0.255 e. The van der Waals surface area contributed by atoms with Crippen LogP contribution >= 0.6 is 0 Å². The molecule has 3 heterocycles. The third-order valence-corrected chi connectivity index (χ3v) is 8.48. The number of methoxy groups -OCH3 is 1. The van der Waals surface area contributed by atoms with Crippen LogP contribution in [-0.2, 0) is 15.4 Å². The summed E-state index contributed by atoms with van der Waals surface area (Å²) in [6, 6.07) is 15.2. The number of ether oxygens (including phenoxy) is 1. The minimum atomic E-state index is -3.61. The number of nitrogens with zero attached hydrogens (tertiary/aromatic N) is 4. The first-order valence-corrected chi connectivity index (χ1v) is 16.9. The first-order chi connectivity index (χ1) is 21.8. The van der Waals surface area contributed by atoms with Crippen LogP contribution in [0.2, 0.25) is 0 Å². The number of rotatable bonds is 9. The summed E-state index contributed by atoms with van der Waals surface area (Å²) in [5, 5.41) is 9.47. The second-order valence-electron chi connectivity index (χ2n) is 12.6. The number of pyridine rings is 1. The highest BCUT2D eigenvalue weighted by Gasteiger charge is 2.31. The van der Waals surface area contributed by atoms with Gasteiger partial charge in [0, 0.05) is 23.5 Å². The van der Waals surface area contributed by atoms with Gasteiger partial charge in [0.05, 0.1) is 59.8 Å². The number of hydrogen-bond donors (Lipinski definition) is 4. The normalized spacial score (nSPS) is 14.9. The molecule has 0 spiro atoms. The Hall–Kier alpha value is -4.88. The lowest BCUT2D eigenvalue weighted by atomic mass is 9.86. The molecular weight excluding hydrogens is 604 g/mol. The van der Waals surface area contributed by atoms with Crippen LogP contribution in [0.4, 0.5) is 17.1 Å². The highest BCUT2D eigenvalue weighted by atomic mass is 32.2. The lowest BCUT2D eigenvalue weighted by Gasteiger charge is -2.24. The van der Waals surface area contributed by atoms with E-state index in [1.165, 1.54) is 7.11 Å². The average Bonchev–Trinajstić information content (AvgIpc) is 3.55. The summed E-state index contributed by atoms with van der Waals surface area (Å²) < 4.78 is 34.4. The standard InChI is InChI=1S/C33H38N8O4S/c1-20-10-11-21(32(42)36-26-16-22(33(2,3)4)17-27(31(26)45-5)38-46(6,43)44)15-29(20)40-19-28(37-39-40)24-18-35-41(23-12-13-23)30(24)25-9-7-8-14-34-25/h7-11,14-19,23,37-39H,12-13H2,1-6H3,(H,36,42). The number of aromatic nitrogens is 3. The van der Waals surface area contributed by atoms with Gasteiger partial charge in [-0.3, -0.25) is 24.2 Å². The highest BCUT2D eigenvalue weighted by molar-refractivity contribution is 7.92. The topological polar surface area (TPSA) is 143 Å². The summed E-state index contributed by atoms with van der Waals surface area (Å²) in [5.41, 5.74) is 13.2. The van der Waals surface area contributed by atoms with E-state index < -0.39 is 10.0 Å². The summed E-state index contributed by atoms with van der Waals surface area (Å²) in [6.07, 6.45) is 8.82. The van der Waals surface area contributed by atoms with Crippen LogP contribution in [0, 0.1) is 6.92 Å². The number of benzene rings is 2. The van der Waals surface area contributed by atoms with E-state index in [1.54, 1.807) is 30.5 Å². The number of carbonyl (C=O) groups excluding carboxylic acids is 1. The van der Waals surface area contributed by atoms with Crippen molar-refractivity contribution in [3.8, 4) is 17.1 Å². The summed E-state index contributed by atoms with van der Waals surface area (Å²) >= 11 is 0. The Kier molecular flexibility index (Phi) is 7.99. The number of sulfonamides is 1. The maximum atomic E-state index is 13.7. The molecule has 2 aromatic heterocycles. The van der Waals surface area contributed by atoms with E-state index in [4.69, 9.17) is 9.84 Å². The highest BCUT2D eigenvalue weighted by Crippen LogP contribution is 2.41. The van der Waals surface area contributed by atoms with Crippen LogP contribution in [0.25, 0.3) is 17.1 Å². The first kappa shape index (κ1) is 31.1. The van der Waals surface area contributed by atoms with Crippen LogP contribution in [0.5, 0.6) is 5.75 Å². The van der Waals surface area contributed by atoms with E-state index in [0.717, 1.165) is 58.6 Å². The van der Waals surface area contributed by atoms with E-state index in [9.17, 15) is 13.2 Å². The fourth-order valence-corrected chi connectivity index (χ4v) is 5.90. The molecule has 13 heteroatoms. The van der Waals surface area contributed by atoms with Crippen molar-refractivity contribution in [3.05, 3.63) is 89.4 Å². The Morgan fingerprint density at radius 1 is 1.09 bits per heavy atom. The number of hydrazine groups is 2. The molecule has 1 fully saturated rings. The van der Waals surface area contributed by atoms with Crippen molar-refractivity contribution >= 4 is 38.7 Å². The van der Waals surface area contributed by atoms with E-state index in [1.807, 2.05) is 69.4 Å². The number of anilines is 3. The van der Waals surface area contributed by atoms with Crippen molar-refractivity contribution in [2.75, 3.05) is 28.4 Å². The van der Waals surface area contributed by atoms with Crippen molar-refractivity contribution in [2.45, 2.75) is 52.0 Å². The maximum absolute atomic E-state index is 13.7. The number of aryl methyl sites for hydroxylation is 1. The fourth-order valence-electron chi connectivity index (χ4n) is 5.35. The zero-order chi connectivity index (χ0) is 32.8. The van der Waals surface area contributed by atoms with E-state index in [-0.39, 0.29) is 22.8 Å². The molecule has 4 aromatic rings. The van der Waals surface area contributed by atoms with Crippen molar-refractivity contribution in [1.29, 1.82) is 0 Å². The molecule has 0 unspecified atom stereocenters. The van der Waals surface area contributed by atoms with Gasteiger partial charge in [0.15, 0.2) is 5.75 Å². The molecule has 0 saturated heterocycles. The van der Waals surface area contributed by atoms with Gasteiger partial charge in [-0.15, -0.1) is 5.53 Å². The quantitative estimate of drug-likeness (QED) is 0.190. The lowest BCUT2D eigenvalue weighted by molar-refractivity contribution is 0.102. The molecule has 1 amide bonds. The Morgan fingerprint density at radius 3 is 2.50 bits per heavy atom. The Bertz CT molecular complexity index is 1940. The van der Waals surface area contributed by atoms with Crippen LogP contribution in [0.1, 0.15) is 66.7 Å². The molecule has 1 aliphatic carbocycles. The number of carbonyl (C=O) groups is 1. The summed E-state index contributed by atoms with van der Waals surface area (Å²) in [4.78, 5) is 18.3. The average molecular weight is 643 g/mol. The predicted molar refractivity (Wildman–Crippen MR) is 180 cm³/mol. The van der Waals surface area contributed by atoms with Gasteiger partial charge < -0.3 is 15.5 Å². The van der Waals surface area contributed by atoms with Gasteiger partial charge in [0.1, 0.15) is 0 Å². The molecule has 0 atom stereocenters. The minimum absolute atomic E-state index is 0.215. The van der Waals surface area contributed by atoms with Gasteiger partial charge in [0.2, 0.25) is 10.0 Å². The Morgan fingerprint density at radius 2 is 1.85 bits per heavy atom. The molecule has 1 aliphatic heterocycles. The Labute approximate surface area is 268 Å². The van der Waals surface area contributed by atoms with Gasteiger partial charge in [-0.1, -0.05) is 32.9 Å². The second-order valence-corrected chi connectivity index (χ2v) is 14.4. The van der Waals surface area contributed by atoms with Crippen LogP contribution in [-0.4, -0.2) is 42.5 Å². The van der Waals surface area contributed by atoms with Gasteiger partial charge in [-0.05, 0) is 72.7 Å². The monoisotopic (exact) mass is 642 g/mol. The molecule has 12 nitrogen and oxygen atoms in total. The molecular formula is C33H38N8O4S. The summed E-state index contributed by atoms with van der Waals surface area (Å²) in [5.74, 6) is -0.164. The smallest absolute Gasteiger partial charge is 0.255 e. The lowest BCUT2D eigenvalue weighted by Crippen LogP contribution is -2.36. The van der Waals surface area contributed by atoms with E-state index >= 15 is 0 Å². The van der Waals surface area contributed by atoms with Gasteiger partial charge >= 0.3 is 0 Å². The summed E-state index contributed by atoms with van der Waals surface area (Å²) in [7, 11) is -2.17. The Balaban J connectivity index is 1.31. The number of nitrogens with one attached hydrogen (secondary N) is 4. The molecule has 2 aromatic carbocycles. The molecule has 0 bridgehead atoms. The van der Waals surface area contributed by atoms with Crippen LogP contribution in [0.3, 0.4) is 0 Å². The molecule has 2 aliphatic rings. The second kappa shape index (κ2) is 11.8. The van der Waals surface area contributed by atoms with Crippen molar-refractivity contribution in [2.24, 2.45) is 0 Å². The van der Waals surface area contributed by atoms with Gasteiger partial charge in [-0.2, -0.15) is 5.10 Å². The van der Waals surface area contributed by atoms with Crippen molar-refractivity contribution in [1.82, 2.24) is 25.7 Å². The van der Waals surface area contributed by atoms with Crippen molar-refractivity contribution in [3.63, 3.8) is 0 Å². The largest absolute Gasteiger partial charge is 0.492 e. The predicted octanol–water partition coefficient (Wildman–Crippen LogP) is 5.35. The zero-order valence-corrected chi connectivity index (χ0v) is 27.5. The summed E-state index contributed by atoms with van der Waals surface area (Å²) in [6.45, 7) is 7.98. The molecule has 0 radical (unpaired) electrons. The SMILES string of the molecule is COc1c(NC(=O)c2ccc(C)c(N3C=C(c4cnn(C5CC5)c4-c4ccccn4)NN3)c2)cc(C(C)(C)C)cc1NS(C)(=O)=O. The van der Waals surface area contributed by atoms with Crippen LogP contribution < -0.4 is 30.7 Å². The van der Waals surface area contributed by atoms with Crippen molar-refractivity contribution < 1.29 is 17.9 Å². The molecule has 6 rings (SSSR count). The molecule has 46 heavy (non-hydrogen) atoms. The zero-order valence-electron chi connectivity index (χ0n) is 26.7. The van der Waals surface area contributed by atoms with E-state index in [0.29, 0.717) is 17.3 Å². The number of amides is 1. The third-order valence-electron chi connectivity index (χ3n) is 7.89. The first-order valence-electron chi connectivity index (χ1n) is 15.0. The minimum Gasteiger partial charge on any atom is -0.492 e. The number of hydrogen-bond acceptors (Lipinski definition) is 9. The van der Waals surface area contributed by atoms with Gasteiger partial charge in [-0.25, -0.2) is 8.42 Å². The van der Waals surface area contributed by atoms with E-state index in [2.05, 4.69) is 30.7 Å². The fraction of sp³-hybridized carbons (Fsp3) is 0.303. The third kappa shape index (κ3) is 6.42.